The highest BCUT2D eigenvalue weighted by atomic mass is 32.2. The van der Waals surface area contributed by atoms with Gasteiger partial charge in [0.15, 0.2) is 5.16 Å². The summed E-state index contributed by atoms with van der Waals surface area (Å²) >= 11 is 3.14. The van der Waals surface area contributed by atoms with E-state index in [9.17, 15) is 4.79 Å². The molecule has 3 aromatic heterocycles. The van der Waals surface area contributed by atoms with E-state index in [0.29, 0.717) is 17.6 Å². The molecular weight excluding hydrogens is 318 g/mol. The molecule has 0 aromatic carbocycles. The van der Waals surface area contributed by atoms with Crippen LogP contribution < -0.4 is 5.56 Å². The highest BCUT2D eigenvalue weighted by molar-refractivity contribution is 7.98. The summed E-state index contributed by atoms with van der Waals surface area (Å²) < 4.78 is 2.11. The zero-order valence-electron chi connectivity index (χ0n) is 12.3. The van der Waals surface area contributed by atoms with Crippen LogP contribution in [0.25, 0.3) is 10.2 Å². The van der Waals surface area contributed by atoms with Crippen molar-refractivity contribution in [2.45, 2.75) is 43.6 Å². The molecule has 1 aliphatic rings. The third kappa shape index (κ3) is 2.36. The first-order valence-corrected chi connectivity index (χ1v) is 8.95. The summed E-state index contributed by atoms with van der Waals surface area (Å²) in [6.07, 6.45) is 4.17. The molecule has 114 valence electrons. The van der Waals surface area contributed by atoms with Crippen LogP contribution in [-0.2, 0) is 5.75 Å². The summed E-state index contributed by atoms with van der Waals surface area (Å²) in [7, 11) is 0. The number of H-pyrrole nitrogens is 1. The first-order chi connectivity index (χ1) is 10.6. The molecule has 22 heavy (non-hydrogen) atoms. The molecular formula is C14H15N5OS2. The maximum absolute atomic E-state index is 12.2. The Morgan fingerprint density at radius 1 is 1.45 bits per heavy atom. The Hall–Kier alpha value is -1.67. The van der Waals surface area contributed by atoms with Crippen LogP contribution in [0.1, 0.15) is 35.1 Å². The molecule has 4 rings (SSSR count). The van der Waals surface area contributed by atoms with Gasteiger partial charge in [0, 0.05) is 10.9 Å². The van der Waals surface area contributed by atoms with Gasteiger partial charge in [-0.2, -0.15) is 0 Å². The number of rotatable bonds is 4. The van der Waals surface area contributed by atoms with Gasteiger partial charge < -0.3 is 9.55 Å². The highest BCUT2D eigenvalue weighted by Crippen LogP contribution is 2.37. The SMILES string of the molecule is Cc1sc2nc(CSc3nncn3C3CC3)[nH]c(=O)c2c1C. The van der Waals surface area contributed by atoms with Crippen LogP contribution in [0.15, 0.2) is 16.3 Å². The molecule has 1 saturated carbocycles. The Morgan fingerprint density at radius 2 is 2.27 bits per heavy atom. The van der Waals surface area contributed by atoms with Crippen LogP contribution >= 0.6 is 23.1 Å². The van der Waals surface area contributed by atoms with Gasteiger partial charge >= 0.3 is 0 Å². The van der Waals surface area contributed by atoms with Crippen molar-refractivity contribution >= 4 is 33.3 Å². The van der Waals surface area contributed by atoms with E-state index in [0.717, 1.165) is 25.8 Å². The topological polar surface area (TPSA) is 76.5 Å². The summed E-state index contributed by atoms with van der Waals surface area (Å²) in [5.74, 6) is 1.28. The van der Waals surface area contributed by atoms with Crippen molar-refractivity contribution < 1.29 is 0 Å². The normalized spacial score (nSPS) is 14.8. The molecule has 0 aliphatic heterocycles. The molecule has 0 amide bonds. The van der Waals surface area contributed by atoms with Gasteiger partial charge in [0.1, 0.15) is 17.0 Å². The molecule has 0 bridgehead atoms. The van der Waals surface area contributed by atoms with Crippen molar-refractivity contribution in [2.75, 3.05) is 0 Å². The average molecular weight is 333 g/mol. The van der Waals surface area contributed by atoms with Gasteiger partial charge in [0.25, 0.3) is 5.56 Å². The smallest absolute Gasteiger partial charge is 0.259 e. The Balaban J connectivity index is 1.61. The summed E-state index contributed by atoms with van der Waals surface area (Å²) in [6.45, 7) is 3.99. The molecule has 8 heteroatoms. The first kappa shape index (κ1) is 14.0. The molecule has 0 saturated heterocycles. The third-order valence-electron chi connectivity index (χ3n) is 3.91. The predicted molar refractivity (Wildman–Crippen MR) is 87.6 cm³/mol. The van der Waals surface area contributed by atoms with Gasteiger partial charge in [-0.1, -0.05) is 11.8 Å². The molecule has 0 unspecified atom stereocenters. The number of thioether (sulfide) groups is 1. The van der Waals surface area contributed by atoms with Crippen LogP contribution in [0.4, 0.5) is 0 Å². The van der Waals surface area contributed by atoms with E-state index in [4.69, 9.17) is 0 Å². The van der Waals surface area contributed by atoms with Gasteiger partial charge in [-0.3, -0.25) is 4.79 Å². The van der Waals surface area contributed by atoms with Crippen molar-refractivity contribution in [2.24, 2.45) is 0 Å². The molecule has 1 N–H and O–H groups in total. The molecule has 6 nitrogen and oxygen atoms in total. The zero-order chi connectivity index (χ0) is 15.3. The maximum atomic E-state index is 12.2. The van der Waals surface area contributed by atoms with Crippen LogP contribution in [0.3, 0.4) is 0 Å². The van der Waals surface area contributed by atoms with Gasteiger partial charge in [-0.15, -0.1) is 21.5 Å². The molecule has 3 heterocycles. The zero-order valence-corrected chi connectivity index (χ0v) is 13.9. The van der Waals surface area contributed by atoms with E-state index < -0.39 is 0 Å². The van der Waals surface area contributed by atoms with Gasteiger partial charge in [-0.05, 0) is 32.3 Å². The maximum Gasteiger partial charge on any atom is 0.259 e. The molecule has 0 spiro atoms. The fourth-order valence-corrected chi connectivity index (χ4v) is 4.34. The minimum absolute atomic E-state index is 0.0499. The minimum atomic E-state index is -0.0499. The van der Waals surface area contributed by atoms with Crippen LogP contribution in [-0.4, -0.2) is 24.7 Å². The Bertz CT molecular complexity index is 906. The quantitative estimate of drug-likeness (QED) is 0.743. The van der Waals surface area contributed by atoms with Gasteiger partial charge in [0.2, 0.25) is 0 Å². The second kappa shape index (κ2) is 5.20. The first-order valence-electron chi connectivity index (χ1n) is 7.14. The molecule has 0 atom stereocenters. The van der Waals surface area contributed by atoms with Crippen molar-refractivity contribution in [1.29, 1.82) is 0 Å². The standard InChI is InChI=1S/C14H15N5OS2/c1-7-8(2)22-13-11(7)12(20)16-10(17-13)5-21-14-18-15-6-19(14)9-3-4-9/h6,9H,3-5H2,1-2H3,(H,16,17,20). The number of hydrogen-bond acceptors (Lipinski definition) is 6. The van der Waals surface area contributed by atoms with E-state index in [2.05, 4.69) is 24.7 Å². The number of fused-ring (bicyclic) bond motifs is 1. The lowest BCUT2D eigenvalue weighted by Crippen LogP contribution is -2.11. The van der Waals surface area contributed by atoms with Crippen molar-refractivity contribution in [3.63, 3.8) is 0 Å². The van der Waals surface area contributed by atoms with Crippen molar-refractivity contribution in [3.8, 4) is 0 Å². The van der Waals surface area contributed by atoms with Crippen LogP contribution in [0.5, 0.6) is 0 Å². The molecule has 1 fully saturated rings. The second-order valence-corrected chi connectivity index (χ2v) is 7.66. The number of thiophene rings is 1. The lowest BCUT2D eigenvalue weighted by molar-refractivity contribution is 0.662. The second-order valence-electron chi connectivity index (χ2n) is 5.52. The number of nitrogens with one attached hydrogen (secondary N) is 1. The summed E-state index contributed by atoms with van der Waals surface area (Å²) in [5.41, 5.74) is 0.979. The largest absolute Gasteiger partial charge is 0.309 e. The summed E-state index contributed by atoms with van der Waals surface area (Å²) in [4.78, 5) is 21.7. The Kier molecular flexibility index (Phi) is 3.30. The monoisotopic (exact) mass is 333 g/mol. The number of hydrogen-bond donors (Lipinski definition) is 1. The lowest BCUT2D eigenvalue weighted by Gasteiger charge is -2.04. The van der Waals surface area contributed by atoms with Crippen molar-refractivity contribution in [1.82, 2.24) is 24.7 Å². The van der Waals surface area contributed by atoms with Crippen LogP contribution in [0, 0.1) is 13.8 Å². The fourth-order valence-electron chi connectivity index (χ4n) is 2.44. The number of nitrogens with zero attached hydrogens (tertiary/aromatic N) is 4. The summed E-state index contributed by atoms with van der Waals surface area (Å²) in [6, 6.07) is 0.551. The number of aromatic amines is 1. The third-order valence-corrected chi connectivity index (χ3v) is 5.98. The minimum Gasteiger partial charge on any atom is -0.309 e. The fraction of sp³-hybridized carbons (Fsp3) is 0.429. The van der Waals surface area contributed by atoms with Gasteiger partial charge in [0.05, 0.1) is 11.1 Å². The van der Waals surface area contributed by atoms with E-state index in [1.54, 1.807) is 29.4 Å². The van der Waals surface area contributed by atoms with Gasteiger partial charge in [-0.25, -0.2) is 4.98 Å². The van der Waals surface area contributed by atoms with Crippen molar-refractivity contribution in [3.05, 3.63) is 32.9 Å². The number of aryl methyl sites for hydroxylation is 2. The molecule has 0 radical (unpaired) electrons. The molecule has 3 aromatic rings. The van der Waals surface area contributed by atoms with E-state index in [-0.39, 0.29) is 5.56 Å². The Labute approximate surface area is 135 Å². The highest BCUT2D eigenvalue weighted by Gasteiger charge is 2.26. The van der Waals surface area contributed by atoms with Crippen LogP contribution in [0.2, 0.25) is 0 Å². The Morgan fingerprint density at radius 3 is 3.05 bits per heavy atom. The van der Waals surface area contributed by atoms with E-state index >= 15 is 0 Å². The van der Waals surface area contributed by atoms with E-state index in [1.165, 1.54) is 12.8 Å². The predicted octanol–water partition coefficient (Wildman–Crippen LogP) is 2.82. The average Bonchev–Trinajstić information content (AvgIpc) is 3.15. The van der Waals surface area contributed by atoms with E-state index in [1.807, 2.05) is 13.8 Å². The molecule has 1 aliphatic carbocycles. The lowest BCUT2D eigenvalue weighted by atomic mass is 10.2. The number of aromatic nitrogens is 5. The summed E-state index contributed by atoms with van der Waals surface area (Å²) in [5, 5.41) is 9.75.